The first-order valence-corrected chi connectivity index (χ1v) is 12.8. The van der Waals surface area contributed by atoms with Crippen molar-refractivity contribution in [1.29, 1.82) is 0 Å². The molecule has 0 radical (unpaired) electrons. The molecule has 2 aromatic carbocycles. The number of rotatable bonds is 7. The summed E-state index contributed by atoms with van der Waals surface area (Å²) in [6.45, 7) is 4.86. The maximum absolute atomic E-state index is 13.8. The highest BCUT2D eigenvalue weighted by molar-refractivity contribution is 7.07. The van der Waals surface area contributed by atoms with Crippen LogP contribution in [0.25, 0.3) is 6.08 Å². The van der Waals surface area contributed by atoms with Crippen molar-refractivity contribution in [1.82, 2.24) is 4.57 Å². The van der Waals surface area contributed by atoms with E-state index in [0.717, 1.165) is 11.3 Å². The largest absolute Gasteiger partial charge is 0.483 e. The lowest BCUT2D eigenvalue weighted by molar-refractivity contribution is -0.143. The fourth-order valence-corrected chi connectivity index (χ4v) is 5.36. The van der Waals surface area contributed by atoms with Gasteiger partial charge in [-0.1, -0.05) is 52.7 Å². The minimum absolute atomic E-state index is 0.231. The Kier molecular flexibility index (Phi) is 7.87. The molecule has 2 heterocycles. The average Bonchev–Trinajstić information content (AvgIpc) is 3.12. The van der Waals surface area contributed by atoms with Gasteiger partial charge >= 0.3 is 5.97 Å². The van der Waals surface area contributed by atoms with Gasteiger partial charge < -0.3 is 15.2 Å². The molecule has 3 aromatic rings. The third kappa shape index (κ3) is 5.64. The summed E-state index contributed by atoms with van der Waals surface area (Å²) in [5.41, 5.74) is 6.52. The molecule has 4 rings (SSSR count). The van der Waals surface area contributed by atoms with Gasteiger partial charge in [0.2, 0.25) is 0 Å². The number of halogens is 2. The zero-order chi connectivity index (χ0) is 26.9. The molecule has 8 nitrogen and oxygen atoms in total. The van der Waals surface area contributed by atoms with E-state index in [0.29, 0.717) is 42.0 Å². The van der Waals surface area contributed by atoms with Gasteiger partial charge in [0.15, 0.2) is 11.4 Å². The maximum Gasteiger partial charge on any atom is 0.338 e. The quantitative estimate of drug-likeness (QED) is 0.446. The summed E-state index contributed by atoms with van der Waals surface area (Å²) in [5, 5.41) is 0.803. The number of thiazole rings is 1. The smallest absolute Gasteiger partial charge is 0.338 e. The molecule has 192 valence electrons. The molecule has 1 amide bonds. The molecule has 0 aliphatic carbocycles. The molecule has 0 saturated heterocycles. The summed E-state index contributed by atoms with van der Waals surface area (Å²) >= 11 is 13.9. The number of nitrogens with two attached hydrogens (primary N) is 1. The van der Waals surface area contributed by atoms with E-state index in [1.54, 1.807) is 69.3 Å². The Labute approximate surface area is 226 Å². The number of hydrogen-bond donors (Lipinski definition) is 1. The Balaban J connectivity index is 1.94. The van der Waals surface area contributed by atoms with E-state index < -0.39 is 23.5 Å². The van der Waals surface area contributed by atoms with Crippen LogP contribution in [0.5, 0.6) is 5.75 Å². The number of benzene rings is 2. The molecule has 0 spiro atoms. The molecule has 0 fully saturated rings. The number of carbonyl (C=O) groups excluding carboxylic acids is 2. The number of hydrogen-bond acceptors (Lipinski definition) is 7. The lowest BCUT2D eigenvalue weighted by Gasteiger charge is -2.26. The highest BCUT2D eigenvalue weighted by atomic mass is 35.5. The van der Waals surface area contributed by atoms with Crippen LogP contribution in [0, 0.1) is 0 Å². The second-order valence-electron chi connectivity index (χ2n) is 8.49. The molecule has 11 heteroatoms. The van der Waals surface area contributed by atoms with Gasteiger partial charge in [-0.3, -0.25) is 14.2 Å². The number of allylic oxidation sites excluding steroid dienone is 1. The van der Waals surface area contributed by atoms with Crippen LogP contribution in [0.15, 0.2) is 63.5 Å². The molecular weight excluding hydrogens is 537 g/mol. The molecule has 2 N–H and O–H groups in total. The van der Waals surface area contributed by atoms with E-state index in [4.69, 9.17) is 38.4 Å². The van der Waals surface area contributed by atoms with Crippen molar-refractivity contribution < 1.29 is 19.1 Å². The van der Waals surface area contributed by atoms with E-state index in [1.165, 1.54) is 4.57 Å². The number of fused-ring (bicyclic) bond motifs is 1. The van der Waals surface area contributed by atoms with Crippen LogP contribution in [-0.4, -0.2) is 29.2 Å². The van der Waals surface area contributed by atoms with Crippen molar-refractivity contribution in [3.63, 3.8) is 0 Å². The Morgan fingerprint density at radius 2 is 1.95 bits per heavy atom. The minimum Gasteiger partial charge on any atom is -0.483 e. The topological polar surface area (TPSA) is 113 Å². The van der Waals surface area contributed by atoms with Gasteiger partial charge in [-0.05, 0) is 56.7 Å². The molecule has 1 unspecified atom stereocenters. The van der Waals surface area contributed by atoms with Crippen molar-refractivity contribution in [2.24, 2.45) is 10.7 Å². The number of primary amides is 1. The number of nitrogens with zero attached hydrogens (tertiary/aromatic N) is 2. The first-order valence-electron chi connectivity index (χ1n) is 11.3. The van der Waals surface area contributed by atoms with Gasteiger partial charge in [0.25, 0.3) is 11.5 Å². The summed E-state index contributed by atoms with van der Waals surface area (Å²) in [5.74, 6) is -0.891. The van der Waals surface area contributed by atoms with Crippen LogP contribution in [0.1, 0.15) is 37.9 Å². The molecule has 0 saturated carbocycles. The number of amides is 1. The zero-order valence-corrected chi connectivity index (χ0v) is 22.5. The molecule has 1 aliphatic rings. The minimum atomic E-state index is -0.844. The SMILES string of the molecule is CC1=C(C(=O)OC(C)C)C(c2ccccc2Cl)n2c(sc(=Cc3cc(Cl)ccc3OCC(N)=O)c2=O)=N1. The predicted octanol–water partition coefficient (Wildman–Crippen LogP) is 3.36. The van der Waals surface area contributed by atoms with Gasteiger partial charge in [-0.2, -0.15) is 0 Å². The van der Waals surface area contributed by atoms with Crippen molar-refractivity contribution in [3.8, 4) is 5.75 Å². The second-order valence-corrected chi connectivity index (χ2v) is 10.3. The number of aromatic nitrogens is 1. The lowest BCUT2D eigenvalue weighted by atomic mass is 9.96. The third-order valence-corrected chi connectivity index (χ3v) is 6.97. The molecular formula is C26H23Cl2N3O5S. The molecule has 0 bridgehead atoms. The van der Waals surface area contributed by atoms with E-state index in [1.807, 2.05) is 0 Å². The van der Waals surface area contributed by atoms with E-state index >= 15 is 0 Å². The predicted molar refractivity (Wildman–Crippen MR) is 143 cm³/mol. The van der Waals surface area contributed by atoms with E-state index in [2.05, 4.69) is 4.99 Å². The fourth-order valence-electron chi connectivity index (χ4n) is 3.91. The van der Waals surface area contributed by atoms with Crippen LogP contribution in [-0.2, 0) is 14.3 Å². The van der Waals surface area contributed by atoms with Crippen LogP contribution in [0.4, 0.5) is 0 Å². The van der Waals surface area contributed by atoms with Crippen molar-refractivity contribution in [3.05, 3.63) is 94.6 Å². The van der Waals surface area contributed by atoms with Gasteiger partial charge in [0.05, 0.1) is 21.9 Å². The Morgan fingerprint density at radius 1 is 1.22 bits per heavy atom. The maximum atomic E-state index is 13.8. The Morgan fingerprint density at radius 3 is 2.62 bits per heavy atom. The molecule has 1 aliphatic heterocycles. The first-order chi connectivity index (χ1) is 17.6. The highest BCUT2D eigenvalue weighted by Crippen LogP contribution is 2.34. The number of carbonyl (C=O) groups is 2. The van der Waals surface area contributed by atoms with Crippen LogP contribution in [0.3, 0.4) is 0 Å². The zero-order valence-electron chi connectivity index (χ0n) is 20.2. The number of esters is 1. The number of ether oxygens (including phenoxy) is 2. The van der Waals surface area contributed by atoms with Crippen molar-refractivity contribution >= 4 is 52.5 Å². The van der Waals surface area contributed by atoms with Gasteiger partial charge in [0, 0.05) is 15.6 Å². The van der Waals surface area contributed by atoms with Crippen LogP contribution >= 0.6 is 34.5 Å². The van der Waals surface area contributed by atoms with E-state index in [9.17, 15) is 14.4 Å². The summed E-state index contributed by atoms with van der Waals surface area (Å²) in [4.78, 5) is 43.1. The van der Waals surface area contributed by atoms with Gasteiger partial charge in [0.1, 0.15) is 11.8 Å². The van der Waals surface area contributed by atoms with Crippen LogP contribution < -0.4 is 25.4 Å². The Hall–Kier alpha value is -3.40. The standard InChI is InChI=1S/C26H23Cl2N3O5S/c1-13(2)36-25(34)22-14(3)30-26-31(23(22)17-6-4-5-7-18(17)28)24(33)20(37-26)11-15-10-16(27)8-9-19(15)35-12-21(29)32/h4-11,13,23H,12H2,1-3H3,(H2,29,32). The molecule has 1 aromatic heterocycles. The average molecular weight is 560 g/mol. The normalized spacial score (nSPS) is 15.4. The summed E-state index contributed by atoms with van der Waals surface area (Å²) in [6, 6.07) is 11.0. The first kappa shape index (κ1) is 26.7. The molecule has 1 atom stereocenters. The summed E-state index contributed by atoms with van der Waals surface area (Å²) in [6.07, 6.45) is 1.23. The van der Waals surface area contributed by atoms with Gasteiger partial charge in [-0.15, -0.1) is 0 Å². The second kappa shape index (κ2) is 10.9. The summed E-state index contributed by atoms with van der Waals surface area (Å²) in [7, 11) is 0. The highest BCUT2D eigenvalue weighted by Gasteiger charge is 2.34. The molecule has 37 heavy (non-hydrogen) atoms. The lowest BCUT2D eigenvalue weighted by Crippen LogP contribution is -2.40. The van der Waals surface area contributed by atoms with Crippen molar-refractivity contribution in [2.75, 3.05) is 6.61 Å². The Bertz CT molecular complexity index is 1610. The fraction of sp³-hybridized carbons (Fsp3) is 0.231. The van der Waals surface area contributed by atoms with E-state index in [-0.39, 0.29) is 18.3 Å². The monoisotopic (exact) mass is 559 g/mol. The summed E-state index contributed by atoms with van der Waals surface area (Å²) < 4.78 is 12.7. The van der Waals surface area contributed by atoms with Crippen molar-refractivity contribution in [2.45, 2.75) is 32.9 Å². The van der Waals surface area contributed by atoms with Crippen LogP contribution in [0.2, 0.25) is 10.0 Å². The van der Waals surface area contributed by atoms with Gasteiger partial charge in [-0.25, -0.2) is 9.79 Å². The third-order valence-electron chi connectivity index (χ3n) is 5.41.